The van der Waals surface area contributed by atoms with Gasteiger partial charge in [0.25, 0.3) is 5.91 Å². The predicted molar refractivity (Wildman–Crippen MR) is 124 cm³/mol. The van der Waals surface area contributed by atoms with E-state index in [1.165, 1.54) is 11.3 Å². The van der Waals surface area contributed by atoms with Gasteiger partial charge in [0.15, 0.2) is 0 Å². The molecule has 0 atom stereocenters. The highest BCUT2D eigenvalue weighted by Gasteiger charge is 2.30. The number of halogens is 1. The van der Waals surface area contributed by atoms with E-state index in [0.29, 0.717) is 23.0 Å². The molecule has 0 fully saturated rings. The minimum atomic E-state index is -0.00676. The Morgan fingerprint density at radius 1 is 1.13 bits per heavy atom. The number of nitrogens with zero attached hydrogens (tertiary/aromatic N) is 5. The van der Waals surface area contributed by atoms with Gasteiger partial charge >= 0.3 is 0 Å². The van der Waals surface area contributed by atoms with Crippen LogP contribution in [0.1, 0.15) is 20.9 Å². The van der Waals surface area contributed by atoms with Crippen LogP contribution in [0.4, 0.5) is 5.95 Å². The molecule has 1 amide bonds. The average molecular weight is 448 g/mol. The summed E-state index contributed by atoms with van der Waals surface area (Å²) in [6, 6.07) is 17.7. The van der Waals surface area contributed by atoms with Gasteiger partial charge in [0, 0.05) is 23.5 Å². The van der Waals surface area contributed by atoms with Crippen LogP contribution in [0.25, 0.3) is 21.3 Å². The van der Waals surface area contributed by atoms with Crippen molar-refractivity contribution in [2.45, 2.75) is 20.0 Å². The number of carbonyl (C=O) groups excluding carboxylic acids is 1. The Bertz CT molecular complexity index is 1460. The van der Waals surface area contributed by atoms with E-state index in [1.54, 1.807) is 4.90 Å². The molecule has 4 heterocycles. The Kier molecular flexibility index (Phi) is 4.16. The minimum absolute atomic E-state index is 0.00676. The largest absolute Gasteiger partial charge is 0.308 e. The van der Waals surface area contributed by atoms with Crippen molar-refractivity contribution in [3.8, 4) is 0 Å². The van der Waals surface area contributed by atoms with E-state index in [2.05, 4.69) is 9.67 Å². The predicted octanol–water partition coefficient (Wildman–Crippen LogP) is 5.12. The summed E-state index contributed by atoms with van der Waals surface area (Å²) in [5.74, 6) is 0.718. The fourth-order valence-electron chi connectivity index (χ4n) is 4.20. The molecule has 0 saturated carbocycles. The summed E-state index contributed by atoms with van der Waals surface area (Å²) in [6.07, 6.45) is 0. The lowest BCUT2D eigenvalue weighted by Crippen LogP contribution is -2.28. The molecule has 6 rings (SSSR count). The van der Waals surface area contributed by atoms with Crippen LogP contribution in [0.15, 0.2) is 54.6 Å². The van der Waals surface area contributed by atoms with Crippen molar-refractivity contribution in [1.82, 2.24) is 19.3 Å². The lowest BCUT2D eigenvalue weighted by molar-refractivity contribution is 0.0992. The molecule has 1 aliphatic heterocycles. The number of carbonyl (C=O) groups is 1. The first-order valence-electron chi connectivity index (χ1n) is 10.1. The van der Waals surface area contributed by atoms with Crippen molar-refractivity contribution in [1.29, 1.82) is 0 Å². The smallest absolute Gasteiger partial charge is 0.270 e. The third kappa shape index (κ3) is 2.96. The van der Waals surface area contributed by atoms with Crippen LogP contribution in [0.5, 0.6) is 0 Å². The van der Waals surface area contributed by atoms with Crippen LogP contribution in [0, 0.1) is 6.92 Å². The molecule has 0 spiro atoms. The number of hydrogen-bond donors (Lipinski definition) is 0. The number of hydrogen-bond acceptors (Lipinski definition) is 4. The summed E-state index contributed by atoms with van der Waals surface area (Å²) in [7, 11) is 0. The number of thiophene rings is 1. The van der Waals surface area contributed by atoms with Gasteiger partial charge in [-0.05, 0) is 42.8 Å². The van der Waals surface area contributed by atoms with Crippen LogP contribution in [-0.2, 0) is 13.1 Å². The molecule has 0 saturated heterocycles. The number of amides is 1. The van der Waals surface area contributed by atoms with Crippen molar-refractivity contribution in [3.63, 3.8) is 0 Å². The molecule has 154 valence electrons. The Morgan fingerprint density at radius 2 is 1.94 bits per heavy atom. The number of fused-ring (bicyclic) bond motifs is 4. The van der Waals surface area contributed by atoms with Crippen molar-refractivity contribution in [3.05, 3.63) is 75.8 Å². The fourth-order valence-corrected chi connectivity index (χ4v) is 5.44. The first kappa shape index (κ1) is 18.6. The maximum absolute atomic E-state index is 13.4. The highest BCUT2D eigenvalue weighted by molar-refractivity contribution is 7.20. The zero-order valence-corrected chi connectivity index (χ0v) is 18.3. The van der Waals surface area contributed by atoms with E-state index < -0.39 is 0 Å². The number of anilines is 1. The van der Waals surface area contributed by atoms with Gasteiger partial charge in [-0.1, -0.05) is 35.9 Å². The van der Waals surface area contributed by atoms with Gasteiger partial charge in [-0.3, -0.25) is 14.4 Å². The van der Waals surface area contributed by atoms with Crippen molar-refractivity contribution in [2.75, 3.05) is 11.4 Å². The molecule has 1 aliphatic rings. The average Bonchev–Trinajstić information content (AvgIpc) is 3.51. The zero-order chi connectivity index (χ0) is 21.1. The summed E-state index contributed by atoms with van der Waals surface area (Å²) >= 11 is 7.50. The lowest BCUT2D eigenvalue weighted by Gasteiger charge is -2.12. The molecular weight excluding hydrogens is 430 g/mol. The van der Waals surface area contributed by atoms with E-state index in [-0.39, 0.29) is 5.91 Å². The normalized spacial score (nSPS) is 13.4. The molecule has 6 nitrogen and oxygen atoms in total. The summed E-state index contributed by atoms with van der Waals surface area (Å²) in [5, 5.41) is 6.42. The molecule has 0 aliphatic carbocycles. The maximum atomic E-state index is 13.4. The van der Waals surface area contributed by atoms with Crippen LogP contribution in [0.3, 0.4) is 0 Å². The van der Waals surface area contributed by atoms with Gasteiger partial charge in [-0.25, -0.2) is 4.98 Å². The standard InChI is InChI=1S/C23H18ClN5OS/c1-14-17-12-20(31-22(17)29(26-14)13-15-6-8-16(24)9-7-15)21(30)28-11-10-27-19-5-3-2-4-18(19)25-23(27)28/h2-9,12H,10-11,13H2,1H3. The highest BCUT2D eigenvalue weighted by Crippen LogP contribution is 2.33. The van der Waals surface area contributed by atoms with Gasteiger partial charge in [-0.2, -0.15) is 5.10 Å². The number of para-hydroxylation sites is 2. The topological polar surface area (TPSA) is 56.0 Å². The molecular formula is C23H18ClN5OS. The fraction of sp³-hybridized carbons (Fsp3) is 0.174. The SMILES string of the molecule is Cc1nn(Cc2ccc(Cl)cc2)c2sc(C(=O)N3CCn4c3nc3ccccc34)cc12. The second-order valence-electron chi connectivity index (χ2n) is 7.71. The number of rotatable bonds is 3. The van der Waals surface area contributed by atoms with Crippen molar-refractivity contribution >= 4 is 56.0 Å². The Labute approximate surface area is 187 Å². The van der Waals surface area contributed by atoms with Crippen LogP contribution in [0.2, 0.25) is 5.02 Å². The summed E-state index contributed by atoms with van der Waals surface area (Å²) < 4.78 is 4.09. The van der Waals surface area contributed by atoms with E-state index in [4.69, 9.17) is 16.6 Å². The first-order chi connectivity index (χ1) is 15.1. The molecule has 0 N–H and O–H groups in total. The molecule has 2 aromatic carbocycles. The molecule has 0 radical (unpaired) electrons. The third-order valence-electron chi connectivity index (χ3n) is 5.73. The molecule has 8 heteroatoms. The third-order valence-corrected chi connectivity index (χ3v) is 7.12. The van der Waals surface area contributed by atoms with Crippen molar-refractivity contribution < 1.29 is 4.79 Å². The number of imidazole rings is 1. The Balaban J connectivity index is 1.35. The Hall–Kier alpha value is -3.16. The molecule has 0 unspecified atom stereocenters. The van der Waals surface area contributed by atoms with E-state index in [1.807, 2.05) is 66.2 Å². The van der Waals surface area contributed by atoms with Gasteiger partial charge in [0.2, 0.25) is 5.95 Å². The maximum Gasteiger partial charge on any atom is 0.270 e. The van der Waals surface area contributed by atoms with Gasteiger partial charge in [0.05, 0.1) is 28.1 Å². The molecule has 0 bridgehead atoms. The minimum Gasteiger partial charge on any atom is -0.308 e. The number of aromatic nitrogens is 4. The quantitative estimate of drug-likeness (QED) is 0.386. The molecule has 3 aromatic heterocycles. The second-order valence-corrected chi connectivity index (χ2v) is 9.18. The van der Waals surface area contributed by atoms with Gasteiger partial charge in [0.1, 0.15) is 4.83 Å². The van der Waals surface area contributed by atoms with Gasteiger partial charge < -0.3 is 4.57 Å². The zero-order valence-electron chi connectivity index (χ0n) is 16.7. The molecule has 31 heavy (non-hydrogen) atoms. The van der Waals surface area contributed by atoms with E-state index in [0.717, 1.165) is 45.0 Å². The van der Waals surface area contributed by atoms with E-state index in [9.17, 15) is 4.79 Å². The van der Waals surface area contributed by atoms with Crippen LogP contribution >= 0.6 is 22.9 Å². The van der Waals surface area contributed by atoms with Crippen LogP contribution < -0.4 is 4.90 Å². The monoisotopic (exact) mass is 447 g/mol. The van der Waals surface area contributed by atoms with Gasteiger partial charge in [-0.15, -0.1) is 11.3 Å². The highest BCUT2D eigenvalue weighted by atomic mass is 35.5. The summed E-state index contributed by atoms with van der Waals surface area (Å²) in [5.41, 5.74) is 4.02. The second kappa shape index (κ2) is 6.93. The summed E-state index contributed by atoms with van der Waals surface area (Å²) in [4.78, 5) is 21.6. The molecule has 5 aromatic rings. The van der Waals surface area contributed by atoms with Crippen molar-refractivity contribution in [2.24, 2.45) is 0 Å². The summed E-state index contributed by atoms with van der Waals surface area (Å²) in [6.45, 7) is 4.01. The lowest BCUT2D eigenvalue weighted by atomic mass is 10.2. The first-order valence-corrected chi connectivity index (χ1v) is 11.3. The van der Waals surface area contributed by atoms with Crippen LogP contribution in [-0.4, -0.2) is 31.8 Å². The Morgan fingerprint density at radius 3 is 2.77 bits per heavy atom. The van der Waals surface area contributed by atoms with E-state index >= 15 is 0 Å². The number of benzene rings is 2. The number of aryl methyl sites for hydroxylation is 1.